The summed E-state index contributed by atoms with van der Waals surface area (Å²) in [7, 11) is 0. The second-order valence-corrected chi connectivity index (χ2v) is 7.14. The molecule has 0 saturated carbocycles. The van der Waals surface area contributed by atoms with Gasteiger partial charge in [-0.15, -0.1) is 12.4 Å². The van der Waals surface area contributed by atoms with E-state index in [9.17, 15) is 18.4 Å². The molecule has 2 atom stereocenters. The van der Waals surface area contributed by atoms with Gasteiger partial charge in [0.15, 0.2) is 0 Å². The van der Waals surface area contributed by atoms with E-state index in [4.69, 9.17) is 0 Å². The number of carbonyl (C=O) groups is 2. The molecule has 1 aliphatic rings. The summed E-state index contributed by atoms with van der Waals surface area (Å²) in [5.41, 5.74) is 1.08. The van der Waals surface area contributed by atoms with Gasteiger partial charge in [-0.2, -0.15) is 0 Å². The molecule has 0 spiro atoms. The van der Waals surface area contributed by atoms with Crippen LogP contribution in [0.5, 0.6) is 0 Å². The average molecular weight is 438 g/mol. The van der Waals surface area contributed by atoms with Crippen LogP contribution in [0.25, 0.3) is 0 Å². The molecule has 1 heterocycles. The predicted molar refractivity (Wildman–Crippen MR) is 113 cm³/mol. The number of carbonyl (C=O) groups excluding carboxylic acids is 2. The monoisotopic (exact) mass is 437 g/mol. The largest absolute Gasteiger partial charge is 0.355 e. The number of hydrogen-bond acceptors (Lipinski definition) is 3. The summed E-state index contributed by atoms with van der Waals surface area (Å²) in [5, 5.41) is 8.68. The summed E-state index contributed by atoms with van der Waals surface area (Å²) >= 11 is 0. The van der Waals surface area contributed by atoms with Crippen LogP contribution in [0.1, 0.15) is 11.1 Å². The molecule has 0 aromatic heterocycles. The summed E-state index contributed by atoms with van der Waals surface area (Å²) in [6.07, 6.45) is 0.774. The van der Waals surface area contributed by atoms with E-state index < -0.39 is 11.8 Å². The highest BCUT2D eigenvalue weighted by atomic mass is 35.5. The van der Waals surface area contributed by atoms with Gasteiger partial charge in [0.05, 0.1) is 11.8 Å². The SMILES string of the molecule is Cl.O=C(NCCc1ccccc1F)[C@H]1CNC[C@@H]1C(=O)NCCc1ccccc1F. The van der Waals surface area contributed by atoms with Crippen molar-refractivity contribution in [3.63, 3.8) is 0 Å². The van der Waals surface area contributed by atoms with E-state index >= 15 is 0 Å². The van der Waals surface area contributed by atoms with Gasteiger partial charge in [0.2, 0.25) is 11.8 Å². The molecule has 30 heavy (non-hydrogen) atoms. The normalized spacial score (nSPS) is 17.8. The van der Waals surface area contributed by atoms with Crippen LogP contribution in [-0.4, -0.2) is 38.0 Å². The van der Waals surface area contributed by atoms with Gasteiger partial charge in [-0.05, 0) is 36.1 Å². The number of nitrogens with one attached hydrogen (secondary N) is 3. The zero-order valence-electron chi connectivity index (χ0n) is 16.5. The first-order valence-electron chi connectivity index (χ1n) is 9.79. The Hall–Kier alpha value is -2.51. The van der Waals surface area contributed by atoms with Crippen molar-refractivity contribution < 1.29 is 18.4 Å². The summed E-state index contributed by atoms with van der Waals surface area (Å²) in [4.78, 5) is 25.0. The molecule has 1 aliphatic heterocycles. The van der Waals surface area contributed by atoms with Crippen LogP contribution in [0.2, 0.25) is 0 Å². The Balaban J connectivity index is 0.00000320. The first-order chi connectivity index (χ1) is 14.1. The minimum absolute atomic E-state index is 0. The fourth-order valence-corrected chi connectivity index (χ4v) is 3.53. The lowest BCUT2D eigenvalue weighted by atomic mass is 9.94. The third-order valence-corrected chi connectivity index (χ3v) is 5.19. The maximum atomic E-state index is 13.6. The van der Waals surface area contributed by atoms with Gasteiger partial charge in [-0.3, -0.25) is 9.59 Å². The van der Waals surface area contributed by atoms with Crippen molar-refractivity contribution in [1.82, 2.24) is 16.0 Å². The first kappa shape index (κ1) is 23.8. The fourth-order valence-electron chi connectivity index (χ4n) is 3.53. The van der Waals surface area contributed by atoms with Crippen LogP contribution < -0.4 is 16.0 Å². The lowest BCUT2D eigenvalue weighted by molar-refractivity contribution is -0.132. The molecule has 1 fully saturated rings. The fraction of sp³-hybridized carbons (Fsp3) is 0.364. The molecule has 0 aliphatic carbocycles. The second-order valence-electron chi connectivity index (χ2n) is 7.14. The van der Waals surface area contributed by atoms with Crippen LogP contribution in [0.3, 0.4) is 0 Å². The zero-order valence-corrected chi connectivity index (χ0v) is 17.3. The van der Waals surface area contributed by atoms with Crippen molar-refractivity contribution >= 4 is 24.2 Å². The van der Waals surface area contributed by atoms with Crippen LogP contribution in [0, 0.1) is 23.5 Å². The third-order valence-electron chi connectivity index (χ3n) is 5.19. The van der Waals surface area contributed by atoms with E-state index in [1.165, 1.54) is 12.1 Å². The molecule has 0 unspecified atom stereocenters. The second kappa shape index (κ2) is 11.6. The van der Waals surface area contributed by atoms with Gasteiger partial charge < -0.3 is 16.0 Å². The molecule has 2 aromatic rings. The Bertz CT molecular complexity index is 796. The lowest BCUT2D eigenvalue weighted by Gasteiger charge is -2.18. The predicted octanol–water partition coefficient (Wildman–Crippen LogP) is 2.24. The molecule has 5 nitrogen and oxygen atoms in total. The number of hydrogen-bond donors (Lipinski definition) is 3. The minimum Gasteiger partial charge on any atom is -0.355 e. The van der Waals surface area contributed by atoms with E-state index in [1.54, 1.807) is 36.4 Å². The molecule has 1 saturated heterocycles. The van der Waals surface area contributed by atoms with Crippen LogP contribution in [0.15, 0.2) is 48.5 Å². The topological polar surface area (TPSA) is 70.2 Å². The van der Waals surface area contributed by atoms with Crippen molar-refractivity contribution in [2.45, 2.75) is 12.8 Å². The van der Waals surface area contributed by atoms with Crippen molar-refractivity contribution in [2.75, 3.05) is 26.2 Å². The van der Waals surface area contributed by atoms with Gasteiger partial charge in [0, 0.05) is 26.2 Å². The maximum Gasteiger partial charge on any atom is 0.225 e. The first-order valence-corrected chi connectivity index (χ1v) is 9.79. The van der Waals surface area contributed by atoms with Gasteiger partial charge in [-0.1, -0.05) is 36.4 Å². The summed E-state index contributed by atoms with van der Waals surface area (Å²) in [6, 6.07) is 12.9. The van der Waals surface area contributed by atoms with E-state index in [2.05, 4.69) is 16.0 Å². The molecule has 0 bridgehead atoms. The molecule has 0 radical (unpaired) electrons. The zero-order chi connectivity index (χ0) is 20.6. The molecule has 2 aromatic carbocycles. The minimum atomic E-state index is -0.482. The highest BCUT2D eigenvalue weighted by Gasteiger charge is 2.37. The maximum absolute atomic E-state index is 13.6. The number of halogens is 3. The van der Waals surface area contributed by atoms with Gasteiger partial charge in [-0.25, -0.2) is 8.78 Å². The summed E-state index contributed by atoms with van der Waals surface area (Å²) in [5.74, 6) is -2.00. The third kappa shape index (κ3) is 6.24. The number of amides is 2. The number of benzene rings is 2. The van der Waals surface area contributed by atoms with Gasteiger partial charge in [0.1, 0.15) is 11.6 Å². The Labute approximate surface area is 181 Å². The summed E-state index contributed by atoms with van der Waals surface area (Å²) in [6.45, 7) is 1.43. The molecular formula is C22H26ClF2N3O2. The highest BCUT2D eigenvalue weighted by molar-refractivity contribution is 5.88. The van der Waals surface area contributed by atoms with Crippen molar-refractivity contribution in [3.05, 3.63) is 71.3 Å². The molecule has 2 amide bonds. The highest BCUT2D eigenvalue weighted by Crippen LogP contribution is 2.17. The molecule has 3 rings (SSSR count). The standard InChI is InChI=1S/C22H25F2N3O2.ClH/c23-19-7-3-1-5-15(19)9-11-26-21(28)17-13-25-14-18(17)22(29)27-12-10-16-6-2-4-8-20(16)24;/h1-8,17-18,25H,9-14H2,(H,26,28)(H,27,29);1H/t17-,18-;/m0./s1. The van der Waals surface area contributed by atoms with Crippen LogP contribution in [0.4, 0.5) is 8.78 Å². The molecule has 8 heteroatoms. The number of rotatable bonds is 8. The Morgan fingerprint density at radius 1 is 0.800 bits per heavy atom. The van der Waals surface area contributed by atoms with Crippen molar-refractivity contribution in [2.24, 2.45) is 11.8 Å². The smallest absolute Gasteiger partial charge is 0.225 e. The van der Waals surface area contributed by atoms with E-state index in [0.29, 0.717) is 50.1 Å². The van der Waals surface area contributed by atoms with E-state index in [1.807, 2.05) is 0 Å². The van der Waals surface area contributed by atoms with Crippen LogP contribution in [-0.2, 0) is 22.4 Å². The van der Waals surface area contributed by atoms with Gasteiger partial charge >= 0.3 is 0 Å². The van der Waals surface area contributed by atoms with Crippen molar-refractivity contribution in [1.29, 1.82) is 0 Å². The Morgan fingerprint density at radius 2 is 1.20 bits per heavy atom. The van der Waals surface area contributed by atoms with E-state index in [-0.39, 0.29) is 35.9 Å². The van der Waals surface area contributed by atoms with Gasteiger partial charge in [0.25, 0.3) is 0 Å². The molecule has 162 valence electrons. The van der Waals surface area contributed by atoms with Crippen LogP contribution >= 0.6 is 12.4 Å². The summed E-state index contributed by atoms with van der Waals surface area (Å²) < 4.78 is 27.3. The lowest BCUT2D eigenvalue weighted by Crippen LogP contribution is -2.42. The van der Waals surface area contributed by atoms with E-state index in [0.717, 1.165) is 0 Å². The average Bonchev–Trinajstić information content (AvgIpc) is 3.21. The quantitative estimate of drug-likeness (QED) is 0.593. The molecule has 3 N–H and O–H groups in total. The van der Waals surface area contributed by atoms with Crippen molar-refractivity contribution in [3.8, 4) is 0 Å². The molecular weight excluding hydrogens is 412 g/mol. The Kier molecular flexibility index (Phi) is 9.20. The Morgan fingerprint density at radius 3 is 1.60 bits per heavy atom.